The molecule has 1 aromatic carbocycles. The summed E-state index contributed by atoms with van der Waals surface area (Å²) < 4.78 is 0. The van der Waals surface area contributed by atoms with Crippen LogP contribution in [0.3, 0.4) is 0 Å². The van der Waals surface area contributed by atoms with E-state index in [1.807, 2.05) is 0 Å². The number of aromatic nitrogens is 1. The Morgan fingerprint density at radius 1 is 1.47 bits per heavy atom. The number of benzene rings is 1. The molecule has 2 rings (SSSR count). The summed E-state index contributed by atoms with van der Waals surface area (Å²) >= 11 is 5.61. The summed E-state index contributed by atoms with van der Waals surface area (Å²) in [5.41, 5.74) is -0.0112. The van der Waals surface area contributed by atoms with Gasteiger partial charge in [0.05, 0.1) is 4.92 Å². The van der Waals surface area contributed by atoms with Gasteiger partial charge in [0.15, 0.2) is 0 Å². The maximum Gasteiger partial charge on any atom is 0.307 e. The topological polar surface area (TPSA) is 76.3 Å². The van der Waals surface area contributed by atoms with Crippen molar-refractivity contribution < 1.29 is 10.0 Å². The van der Waals surface area contributed by atoms with E-state index in [2.05, 4.69) is 4.98 Å². The van der Waals surface area contributed by atoms with Crippen LogP contribution in [-0.4, -0.2) is 15.0 Å². The fourth-order valence-corrected chi connectivity index (χ4v) is 1.49. The van der Waals surface area contributed by atoms with E-state index in [1.165, 1.54) is 12.1 Å². The minimum Gasteiger partial charge on any atom is -0.506 e. The third-order valence-electron chi connectivity index (χ3n) is 1.96. The molecule has 1 aromatic heterocycles. The zero-order valence-corrected chi connectivity index (χ0v) is 8.10. The van der Waals surface area contributed by atoms with Gasteiger partial charge in [-0.3, -0.25) is 10.1 Å². The van der Waals surface area contributed by atoms with Crippen molar-refractivity contribution in [3.63, 3.8) is 0 Å². The van der Waals surface area contributed by atoms with E-state index >= 15 is 0 Å². The molecule has 0 aliphatic heterocycles. The molecule has 0 bridgehead atoms. The Morgan fingerprint density at radius 3 is 2.87 bits per heavy atom. The molecule has 0 saturated carbocycles. The molecule has 6 heteroatoms. The fourth-order valence-electron chi connectivity index (χ4n) is 1.28. The quantitative estimate of drug-likeness (QED) is 0.459. The maximum absolute atomic E-state index is 10.6. The van der Waals surface area contributed by atoms with Crippen molar-refractivity contribution in [1.82, 2.24) is 4.98 Å². The number of hydrogen-bond acceptors (Lipinski definition) is 4. The first-order chi connectivity index (χ1) is 7.09. The Hall–Kier alpha value is -1.88. The molecule has 0 aliphatic rings. The van der Waals surface area contributed by atoms with Crippen LogP contribution < -0.4 is 0 Å². The third-order valence-corrected chi connectivity index (χ3v) is 2.23. The predicted molar refractivity (Wildman–Crippen MR) is 55.1 cm³/mol. The number of halogens is 1. The number of hydrogen-bond donors (Lipinski definition) is 1. The summed E-state index contributed by atoms with van der Waals surface area (Å²) in [5, 5.41) is 20.3. The van der Waals surface area contributed by atoms with Crippen LogP contribution in [0.4, 0.5) is 5.69 Å². The van der Waals surface area contributed by atoms with Crippen molar-refractivity contribution in [3.8, 4) is 5.75 Å². The Labute approximate surface area is 89.1 Å². The van der Waals surface area contributed by atoms with Gasteiger partial charge < -0.3 is 5.11 Å². The molecule has 76 valence electrons. The van der Waals surface area contributed by atoms with Crippen molar-refractivity contribution in [2.75, 3.05) is 0 Å². The van der Waals surface area contributed by atoms with Gasteiger partial charge in [-0.25, -0.2) is 4.98 Å². The first-order valence-corrected chi connectivity index (χ1v) is 4.40. The summed E-state index contributed by atoms with van der Waals surface area (Å²) in [6.07, 6.45) is 0. The van der Waals surface area contributed by atoms with Crippen LogP contribution >= 0.6 is 11.6 Å². The standard InChI is InChI=1S/C9H5ClN2O3/c10-9-6(12(14)15)4-5-2-1-3-7(13)8(5)11-9/h1-4,13H. The number of phenolic OH excluding ortho intramolecular Hbond substituents is 1. The van der Waals surface area contributed by atoms with Gasteiger partial charge in [-0.1, -0.05) is 23.7 Å². The van der Waals surface area contributed by atoms with Gasteiger partial charge in [0.25, 0.3) is 0 Å². The second-order valence-electron chi connectivity index (χ2n) is 2.90. The Bertz CT molecular complexity index is 556. The number of fused-ring (bicyclic) bond motifs is 1. The number of nitrogens with zero attached hydrogens (tertiary/aromatic N) is 2. The van der Waals surface area contributed by atoms with E-state index in [9.17, 15) is 15.2 Å². The van der Waals surface area contributed by atoms with Crippen LogP contribution in [0.2, 0.25) is 5.15 Å². The van der Waals surface area contributed by atoms with Gasteiger partial charge in [-0.15, -0.1) is 0 Å². The lowest BCUT2D eigenvalue weighted by Crippen LogP contribution is -1.92. The molecular formula is C9H5ClN2O3. The van der Waals surface area contributed by atoms with E-state index in [0.717, 1.165) is 0 Å². The van der Waals surface area contributed by atoms with E-state index in [1.54, 1.807) is 12.1 Å². The predicted octanol–water partition coefficient (Wildman–Crippen LogP) is 2.50. The number of nitro groups is 1. The number of rotatable bonds is 1. The van der Waals surface area contributed by atoms with Crippen molar-refractivity contribution >= 4 is 28.2 Å². The highest BCUT2D eigenvalue weighted by Gasteiger charge is 2.15. The van der Waals surface area contributed by atoms with Gasteiger partial charge >= 0.3 is 5.69 Å². The Morgan fingerprint density at radius 2 is 2.20 bits per heavy atom. The molecule has 0 atom stereocenters. The van der Waals surface area contributed by atoms with E-state index < -0.39 is 4.92 Å². The number of aromatic hydroxyl groups is 1. The lowest BCUT2D eigenvalue weighted by molar-refractivity contribution is -0.384. The SMILES string of the molecule is O=[N+]([O-])c1cc2cccc(O)c2nc1Cl. The maximum atomic E-state index is 10.6. The first-order valence-electron chi connectivity index (χ1n) is 4.02. The minimum atomic E-state index is -0.612. The van der Waals surface area contributed by atoms with E-state index in [4.69, 9.17) is 11.6 Å². The Balaban J connectivity index is 2.82. The molecule has 0 fully saturated rings. The Kier molecular flexibility index (Phi) is 2.17. The molecule has 0 aliphatic carbocycles. The van der Waals surface area contributed by atoms with Crippen LogP contribution in [0.5, 0.6) is 5.75 Å². The molecule has 5 nitrogen and oxygen atoms in total. The van der Waals surface area contributed by atoms with Crippen molar-refractivity contribution in [2.24, 2.45) is 0 Å². The van der Waals surface area contributed by atoms with Crippen LogP contribution in [-0.2, 0) is 0 Å². The van der Waals surface area contributed by atoms with Crippen LogP contribution in [0.25, 0.3) is 10.9 Å². The lowest BCUT2D eigenvalue weighted by Gasteiger charge is -2.00. The van der Waals surface area contributed by atoms with Crippen molar-refractivity contribution in [1.29, 1.82) is 0 Å². The normalized spacial score (nSPS) is 10.5. The highest BCUT2D eigenvalue weighted by atomic mass is 35.5. The number of phenols is 1. The molecular weight excluding hydrogens is 220 g/mol. The average Bonchev–Trinajstić information content (AvgIpc) is 2.18. The second kappa shape index (κ2) is 3.36. The number of pyridine rings is 1. The summed E-state index contributed by atoms with van der Waals surface area (Å²) in [5.74, 6) is -0.0516. The van der Waals surface area contributed by atoms with Crippen LogP contribution in [0.1, 0.15) is 0 Å². The van der Waals surface area contributed by atoms with Crippen LogP contribution in [0, 0.1) is 10.1 Å². The summed E-state index contributed by atoms with van der Waals surface area (Å²) in [4.78, 5) is 13.7. The zero-order valence-electron chi connectivity index (χ0n) is 7.35. The molecule has 0 amide bonds. The molecule has 2 aromatic rings. The molecule has 1 heterocycles. The summed E-state index contributed by atoms with van der Waals surface area (Å²) in [6.45, 7) is 0. The van der Waals surface area contributed by atoms with E-state index in [0.29, 0.717) is 5.39 Å². The molecule has 15 heavy (non-hydrogen) atoms. The van der Waals surface area contributed by atoms with Gasteiger partial charge in [0.1, 0.15) is 11.3 Å². The molecule has 1 N–H and O–H groups in total. The smallest absolute Gasteiger partial charge is 0.307 e. The largest absolute Gasteiger partial charge is 0.506 e. The lowest BCUT2D eigenvalue weighted by atomic mass is 10.2. The molecule has 0 spiro atoms. The molecule has 0 saturated heterocycles. The molecule has 0 unspecified atom stereocenters. The van der Waals surface area contributed by atoms with Crippen LogP contribution in [0.15, 0.2) is 24.3 Å². The van der Waals surface area contributed by atoms with Gasteiger partial charge in [0, 0.05) is 11.5 Å². The first kappa shape index (κ1) is 9.67. The van der Waals surface area contributed by atoms with E-state index in [-0.39, 0.29) is 22.1 Å². The van der Waals surface area contributed by atoms with Crippen molar-refractivity contribution in [3.05, 3.63) is 39.5 Å². The van der Waals surface area contributed by atoms with Gasteiger partial charge in [-0.2, -0.15) is 0 Å². The van der Waals surface area contributed by atoms with Crippen molar-refractivity contribution in [2.45, 2.75) is 0 Å². The summed E-state index contributed by atoms with van der Waals surface area (Å²) in [7, 11) is 0. The molecule has 0 radical (unpaired) electrons. The fraction of sp³-hybridized carbons (Fsp3) is 0. The average molecular weight is 225 g/mol. The highest BCUT2D eigenvalue weighted by Crippen LogP contribution is 2.30. The third kappa shape index (κ3) is 1.57. The zero-order chi connectivity index (χ0) is 11.0. The second-order valence-corrected chi connectivity index (χ2v) is 3.26. The monoisotopic (exact) mass is 224 g/mol. The number of para-hydroxylation sites is 1. The minimum absolute atomic E-state index is 0.0516. The highest BCUT2D eigenvalue weighted by molar-refractivity contribution is 6.32. The van der Waals surface area contributed by atoms with Gasteiger partial charge in [-0.05, 0) is 6.07 Å². The summed E-state index contributed by atoms with van der Waals surface area (Å²) in [6, 6.07) is 5.92. The van der Waals surface area contributed by atoms with Gasteiger partial charge in [0.2, 0.25) is 5.15 Å².